The van der Waals surface area contributed by atoms with Crippen LogP contribution in [0.2, 0.25) is 5.02 Å². The minimum absolute atomic E-state index is 0.714. The SMILES string of the molecule is Cc1ncnc2cccc(Cl)c12. The molecule has 0 aliphatic heterocycles. The van der Waals surface area contributed by atoms with Gasteiger partial charge in [0, 0.05) is 11.1 Å². The maximum atomic E-state index is 5.98. The highest BCUT2D eigenvalue weighted by molar-refractivity contribution is 6.35. The lowest BCUT2D eigenvalue weighted by Gasteiger charge is -2.00. The van der Waals surface area contributed by atoms with Crippen molar-refractivity contribution in [1.82, 2.24) is 9.97 Å². The molecule has 1 heterocycles. The fourth-order valence-corrected chi connectivity index (χ4v) is 1.53. The number of aromatic nitrogens is 2. The van der Waals surface area contributed by atoms with E-state index in [4.69, 9.17) is 11.6 Å². The Kier molecular flexibility index (Phi) is 1.70. The van der Waals surface area contributed by atoms with E-state index < -0.39 is 0 Å². The average Bonchev–Trinajstić information content (AvgIpc) is 2.04. The maximum Gasteiger partial charge on any atom is 0.116 e. The van der Waals surface area contributed by atoms with E-state index in [-0.39, 0.29) is 0 Å². The van der Waals surface area contributed by atoms with E-state index in [2.05, 4.69) is 9.97 Å². The van der Waals surface area contributed by atoms with Gasteiger partial charge in [0.1, 0.15) is 6.33 Å². The number of rotatable bonds is 0. The van der Waals surface area contributed by atoms with Gasteiger partial charge in [-0.15, -0.1) is 0 Å². The van der Waals surface area contributed by atoms with Crippen LogP contribution in [0.4, 0.5) is 0 Å². The van der Waals surface area contributed by atoms with E-state index in [0.29, 0.717) is 5.02 Å². The van der Waals surface area contributed by atoms with Gasteiger partial charge >= 0.3 is 0 Å². The van der Waals surface area contributed by atoms with Gasteiger partial charge in [-0.05, 0) is 19.1 Å². The smallest absolute Gasteiger partial charge is 0.116 e. The summed E-state index contributed by atoms with van der Waals surface area (Å²) in [6, 6.07) is 5.66. The van der Waals surface area contributed by atoms with Gasteiger partial charge in [0.25, 0.3) is 0 Å². The molecular weight excluding hydrogens is 172 g/mol. The second-order valence-corrected chi connectivity index (χ2v) is 3.00. The minimum Gasteiger partial charge on any atom is -0.241 e. The van der Waals surface area contributed by atoms with E-state index in [9.17, 15) is 0 Å². The second-order valence-electron chi connectivity index (χ2n) is 2.59. The zero-order valence-corrected chi connectivity index (χ0v) is 7.34. The Bertz CT molecular complexity index is 389. The van der Waals surface area contributed by atoms with Crippen LogP contribution in [0.5, 0.6) is 0 Å². The van der Waals surface area contributed by atoms with Crippen LogP contribution in [0, 0.1) is 6.92 Å². The summed E-state index contributed by atoms with van der Waals surface area (Å²) in [5, 5.41) is 1.66. The zero-order valence-electron chi connectivity index (χ0n) is 6.58. The first kappa shape index (κ1) is 7.50. The fraction of sp³-hybridized carbons (Fsp3) is 0.111. The summed E-state index contributed by atoms with van der Waals surface area (Å²) in [5.74, 6) is 0. The van der Waals surface area contributed by atoms with Gasteiger partial charge in [0.2, 0.25) is 0 Å². The lowest BCUT2D eigenvalue weighted by molar-refractivity contribution is 1.15. The average molecular weight is 179 g/mol. The van der Waals surface area contributed by atoms with Crippen LogP contribution in [0.15, 0.2) is 24.5 Å². The molecule has 0 aliphatic carbocycles. The first-order valence-corrected chi connectivity index (χ1v) is 4.02. The predicted molar refractivity (Wildman–Crippen MR) is 49.3 cm³/mol. The quantitative estimate of drug-likeness (QED) is 0.620. The van der Waals surface area contributed by atoms with Gasteiger partial charge in [0.05, 0.1) is 10.5 Å². The Morgan fingerprint density at radius 3 is 2.83 bits per heavy atom. The molecule has 2 rings (SSSR count). The van der Waals surface area contributed by atoms with Crippen molar-refractivity contribution in [1.29, 1.82) is 0 Å². The molecule has 0 atom stereocenters. The highest BCUT2D eigenvalue weighted by atomic mass is 35.5. The number of aryl methyl sites for hydroxylation is 1. The normalized spacial score (nSPS) is 10.5. The lowest BCUT2D eigenvalue weighted by Crippen LogP contribution is -1.87. The number of benzene rings is 1. The molecule has 0 radical (unpaired) electrons. The van der Waals surface area contributed by atoms with Crippen LogP contribution in [-0.2, 0) is 0 Å². The van der Waals surface area contributed by atoms with E-state index >= 15 is 0 Å². The molecule has 2 aromatic rings. The van der Waals surface area contributed by atoms with Crippen molar-refractivity contribution in [2.75, 3.05) is 0 Å². The van der Waals surface area contributed by atoms with Gasteiger partial charge < -0.3 is 0 Å². The molecule has 0 saturated heterocycles. The fourth-order valence-electron chi connectivity index (χ4n) is 1.22. The maximum absolute atomic E-state index is 5.98. The third kappa shape index (κ3) is 1.04. The summed E-state index contributed by atoms with van der Waals surface area (Å²) in [7, 11) is 0. The first-order chi connectivity index (χ1) is 5.79. The van der Waals surface area contributed by atoms with Crippen LogP contribution >= 0.6 is 11.6 Å². The topological polar surface area (TPSA) is 25.8 Å². The molecule has 0 saturated carbocycles. The summed E-state index contributed by atoms with van der Waals surface area (Å²) in [6.45, 7) is 1.93. The molecule has 0 unspecified atom stereocenters. The highest BCUT2D eigenvalue weighted by Gasteiger charge is 2.01. The third-order valence-electron chi connectivity index (χ3n) is 1.80. The summed E-state index contributed by atoms with van der Waals surface area (Å²) in [6.07, 6.45) is 1.55. The van der Waals surface area contributed by atoms with Gasteiger partial charge in [-0.1, -0.05) is 17.7 Å². The molecule has 60 valence electrons. The molecular formula is C9H7ClN2. The van der Waals surface area contributed by atoms with E-state index in [1.165, 1.54) is 0 Å². The van der Waals surface area contributed by atoms with Gasteiger partial charge in [0.15, 0.2) is 0 Å². The van der Waals surface area contributed by atoms with Crippen molar-refractivity contribution in [3.8, 4) is 0 Å². The summed E-state index contributed by atoms with van der Waals surface area (Å²) in [5.41, 5.74) is 1.82. The van der Waals surface area contributed by atoms with Crippen molar-refractivity contribution < 1.29 is 0 Å². The molecule has 0 N–H and O–H groups in total. The van der Waals surface area contributed by atoms with Crippen LogP contribution < -0.4 is 0 Å². The molecule has 0 fully saturated rings. The summed E-state index contributed by atoms with van der Waals surface area (Å²) >= 11 is 5.98. The number of nitrogens with zero attached hydrogens (tertiary/aromatic N) is 2. The lowest BCUT2D eigenvalue weighted by atomic mass is 10.2. The molecule has 1 aromatic carbocycles. The third-order valence-corrected chi connectivity index (χ3v) is 2.12. The van der Waals surface area contributed by atoms with Gasteiger partial charge in [-0.25, -0.2) is 9.97 Å². The first-order valence-electron chi connectivity index (χ1n) is 3.65. The van der Waals surface area contributed by atoms with Gasteiger partial charge in [-0.3, -0.25) is 0 Å². The number of halogens is 1. The Hall–Kier alpha value is -1.15. The van der Waals surface area contributed by atoms with Crippen LogP contribution in [-0.4, -0.2) is 9.97 Å². The Morgan fingerprint density at radius 1 is 1.25 bits per heavy atom. The summed E-state index contributed by atoms with van der Waals surface area (Å²) in [4.78, 5) is 8.18. The summed E-state index contributed by atoms with van der Waals surface area (Å²) < 4.78 is 0. The zero-order chi connectivity index (χ0) is 8.55. The number of hydrogen-bond donors (Lipinski definition) is 0. The number of fused-ring (bicyclic) bond motifs is 1. The molecule has 0 amide bonds. The largest absolute Gasteiger partial charge is 0.241 e. The van der Waals surface area contributed by atoms with Crippen LogP contribution in [0.1, 0.15) is 5.69 Å². The van der Waals surface area contributed by atoms with Crippen molar-refractivity contribution in [3.05, 3.63) is 35.2 Å². The molecule has 0 bridgehead atoms. The van der Waals surface area contributed by atoms with Gasteiger partial charge in [-0.2, -0.15) is 0 Å². The molecule has 0 aliphatic rings. The van der Waals surface area contributed by atoms with Crippen LogP contribution in [0.3, 0.4) is 0 Å². The number of hydrogen-bond acceptors (Lipinski definition) is 2. The van der Waals surface area contributed by atoms with Crippen molar-refractivity contribution >= 4 is 22.5 Å². The van der Waals surface area contributed by atoms with E-state index in [1.54, 1.807) is 6.33 Å². The van der Waals surface area contributed by atoms with E-state index in [0.717, 1.165) is 16.6 Å². The Labute approximate surface area is 75.2 Å². The standard InChI is InChI=1S/C9H7ClN2/c1-6-9-7(10)3-2-4-8(9)12-5-11-6/h2-5H,1H3. The molecule has 2 nitrogen and oxygen atoms in total. The monoisotopic (exact) mass is 178 g/mol. The Balaban J connectivity index is 2.96. The molecule has 3 heteroatoms. The molecule has 12 heavy (non-hydrogen) atoms. The predicted octanol–water partition coefficient (Wildman–Crippen LogP) is 2.59. The minimum atomic E-state index is 0.714. The molecule has 0 spiro atoms. The van der Waals surface area contributed by atoms with Crippen LogP contribution in [0.25, 0.3) is 10.9 Å². The van der Waals surface area contributed by atoms with E-state index in [1.807, 2.05) is 25.1 Å². The van der Waals surface area contributed by atoms with Crippen molar-refractivity contribution in [2.45, 2.75) is 6.92 Å². The second kappa shape index (κ2) is 2.72. The van der Waals surface area contributed by atoms with Crippen molar-refractivity contribution in [2.24, 2.45) is 0 Å². The highest BCUT2D eigenvalue weighted by Crippen LogP contribution is 2.22. The Morgan fingerprint density at radius 2 is 2.08 bits per heavy atom. The van der Waals surface area contributed by atoms with Crippen molar-refractivity contribution in [3.63, 3.8) is 0 Å². The molecule has 1 aromatic heterocycles.